The summed E-state index contributed by atoms with van der Waals surface area (Å²) in [5.74, 6) is 0.934. The quantitative estimate of drug-likeness (QED) is 0.537. The number of hydrogen-bond donors (Lipinski definition) is 2. The van der Waals surface area contributed by atoms with Crippen molar-refractivity contribution in [1.29, 1.82) is 0 Å². The van der Waals surface area contributed by atoms with Gasteiger partial charge in [0.15, 0.2) is 0 Å². The van der Waals surface area contributed by atoms with Crippen molar-refractivity contribution < 1.29 is 0 Å². The summed E-state index contributed by atoms with van der Waals surface area (Å²) >= 11 is 0. The van der Waals surface area contributed by atoms with Gasteiger partial charge in [-0.05, 0) is 25.2 Å². The van der Waals surface area contributed by atoms with Gasteiger partial charge >= 0.3 is 0 Å². The van der Waals surface area contributed by atoms with E-state index < -0.39 is 0 Å². The maximum absolute atomic E-state index is 3.59. The number of nitrogens with one attached hydrogen (secondary N) is 2. The van der Waals surface area contributed by atoms with Crippen LogP contribution in [-0.2, 0) is 0 Å². The normalized spacial score (nSPS) is 45.0. The smallest absolute Gasteiger partial charge is 0.0224 e. The zero-order chi connectivity index (χ0) is 7.68. The highest BCUT2D eigenvalue weighted by Crippen LogP contribution is 2.24. The van der Waals surface area contributed by atoms with Crippen LogP contribution in [0.2, 0.25) is 0 Å². The number of rotatable bonds is 0. The summed E-state index contributed by atoms with van der Waals surface area (Å²) in [5, 5.41) is 7.17. The van der Waals surface area contributed by atoms with Crippen molar-refractivity contribution in [2.24, 2.45) is 5.92 Å². The molecule has 0 aromatic heterocycles. The van der Waals surface area contributed by atoms with E-state index in [2.05, 4.69) is 17.6 Å². The van der Waals surface area contributed by atoms with Crippen LogP contribution in [-0.4, -0.2) is 25.2 Å². The van der Waals surface area contributed by atoms with Crippen molar-refractivity contribution >= 4 is 0 Å². The van der Waals surface area contributed by atoms with Crippen molar-refractivity contribution in [2.75, 3.05) is 13.1 Å². The van der Waals surface area contributed by atoms with Crippen LogP contribution >= 0.6 is 0 Å². The minimum atomic E-state index is 0.771. The Bertz CT molecular complexity index is 136. The summed E-state index contributed by atoms with van der Waals surface area (Å²) in [6.07, 6.45) is 4.16. The van der Waals surface area contributed by atoms with Gasteiger partial charge in [0.05, 0.1) is 0 Å². The van der Waals surface area contributed by atoms with Gasteiger partial charge in [-0.25, -0.2) is 0 Å². The molecule has 0 bridgehead atoms. The lowest BCUT2D eigenvalue weighted by Gasteiger charge is -2.39. The molecule has 0 aromatic carbocycles. The van der Waals surface area contributed by atoms with Crippen molar-refractivity contribution in [3.8, 4) is 0 Å². The van der Waals surface area contributed by atoms with Gasteiger partial charge in [0.25, 0.3) is 0 Å². The van der Waals surface area contributed by atoms with E-state index in [1.165, 1.54) is 19.3 Å². The largest absolute Gasteiger partial charge is 0.311 e. The first-order valence-corrected chi connectivity index (χ1v) is 4.83. The molecule has 11 heavy (non-hydrogen) atoms. The maximum Gasteiger partial charge on any atom is 0.0224 e. The first kappa shape index (κ1) is 7.56. The Labute approximate surface area is 68.7 Å². The topological polar surface area (TPSA) is 24.1 Å². The molecule has 2 N–H and O–H groups in total. The number of hydrogen-bond acceptors (Lipinski definition) is 2. The standard InChI is InChI=1S/C9H18N2/c1-7-2-3-8-9(6-7)11-5-4-10-8/h7-11H,2-6H2,1H3/t7-,8+,9+/m1/s1. The molecule has 1 aliphatic carbocycles. The molecular weight excluding hydrogens is 136 g/mol. The van der Waals surface area contributed by atoms with Crippen LogP contribution in [0, 0.1) is 5.92 Å². The molecule has 0 spiro atoms. The summed E-state index contributed by atoms with van der Waals surface area (Å²) in [7, 11) is 0. The van der Waals surface area contributed by atoms with Crippen LogP contribution in [0.1, 0.15) is 26.2 Å². The first-order chi connectivity index (χ1) is 5.36. The predicted octanol–water partition coefficient (Wildman–Crippen LogP) is 0.736. The molecule has 2 rings (SSSR count). The van der Waals surface area contributed by atoms with Crippen LogP contribution in [0.3, 0.4) is 0 Å². The van der Waals surface area contributed by atoms with E-state index in [0.717, 1.165) is 31.1 Å². The molecule has 2 aliphatic rings. The van der Waals surface area contributed by atoms with Crippen LogP contribution in [0.15, 0.2) is 0 Å². The highest BCUT2D eigenvalue weighted by Gasteiger charge is 2.29. The average Bonchev–Trinajstić information content (AvgIpc) is 2.04. The third kappa shape index (κ3) is 1.57. The number of fused-ring (bicyclic) bond motifs is 1. The van der Waals surface area contributed by atoms with Crippen LogP contribution in [0.4, 0.5) is 0 Å². The van der Waals surface area contributed by atoms with E-state index in [0.29, 0.717) is 0 Å². The lowest BCUT2D eigenvalue weighted by molar-refractivity contribution is 0.210. The molecular formula is C9H18N2. The zero-order valence-corrected chi connectivity index (χ0v) is 7.27. The molecule has 0 unspecified atom stereocenters. The van der Waals surface area contributed by atoms with E-state index in [9.17, 15) is 0 Å². The molecule has 3 atom stereocenters. The van der Waals surface area contributed by atoms with Gasteiger partial charge < -0.3 is 10.6 Å². The van der Waals surface area contributed by atoms with Gasteiger partial charge in [0, 0.05) is 25.2 Å². The van der Waals surface area contributed by atoms with E-state index in [1.807, 2.05) is 0 Å². The van der Waals surface area contributed by atoms with Crippen molar-refractivity contribution in [3.63, 3.8) is 0 Å². The molecule has 0 aromatic rings. The monoisotopic (exact) mass is 154 g/mol. The van der Waals surface area contributed by atoms with Gasteiger partial charge in [-0.2, -0.15) is 0 Å². The van der Waals surface area contributed by atoms with Gasteiger partial charge in [-0.15, -0.1) is 0 Å². The van der Waals surface area contributed by atoms with Gasteiger partial charge in [0.1, 0.15) is 0 Å². The lowest BCUT2D eigenvalue weighted by atomic mass is 9.82. The Kier molecular flexibility index (Phi) is 2.14. The Hall–Kier alpha value is -0.0800. The van der Waals surface area contributed by atoms with Crippen molar-refractivity contribution in [2.45, 2.75) is 38.3 Å². The second-order valence-corrected chi connectivity index (χ2v) is 4.04. The fourth-order valence-electron chi connectivity index (χ4n) is 2.37. The van der Waals surface area contributed by atoms with E-state index in [-0.39, 0.29) is 0 Å². The predicted molar refractivity (Wildman–Crippen MR) is 46.6 cm³/mol. The van der Waals surface area contributed by atoms with E-state index in [4.69, 9.17) is 0 Å². The fourth-order valence-corrected chi connectivity index (χ4v) is 2.37. The Balaban J connectivity index is 1.93. The van der Waals surface area contributed by atoms with Crippen LogP contribution in [0.25, 0.3) is 0 Å². The molecule has 2 nitrogen and oxygen atoms in total. The molecule has 1 saturated carbocycles. The SMILES string of the molecule is C[C@@H]1CC[C@@H]2NCCN[C@H]2C1. The maximum atomic E-state index is 3.59. The summed E-state index contributed by atoms with van der Waals surface area (Å²) < 4.78 is 0. The van der Waals surface area contributed by atoms with Crippen molar-refractivity contribution in [3.05, 3.63) is 0 Å². The van der Waals surface area contributed by atoms with Gasteiger partial charge in [0.2, 0.25) is 0 Å². The summed E-state index contributed by atoms with van der Waals surface area (Å²) in [4.78, 5) is 0. The van der Waals surface area contributed by atoms with E-state index in [1.54, 1.807) is 0 Å². The Morgan fingerprint density at radius 2 is 1.73 bits per heavy atom. The highest BCUT2D eigenvalue weighted by atomic mass is 15.1. The number of piperazine rings is 1. The summed E-state index contributed by atoms with van der Waals surface area (Å²) in [6, 6.07) is 1.55. The molecule has 1 aliphatic heterocycles. The summed E-state index contributed by atoms with van der Waals surface area (Å²) in [6.45, 7) is 4.69. The summed E-state index contributed by atoms with van der Waals surface area (Å²) in [5.41, 5.74) is 0. The molecule has 0 amide bonds. The molecule has 1 heterocycles. The third-order valence-corrected chi connectivity index (χ3v) is 3.05. The average molecular weight is 154 g/mol. The minimum Gasteiger partial charge on any atom is -0.311 e. The molecule has 2 heteroatoms. The van der Waals surface area contributed by atoms with Crippen LogP contribution < -0.4 is 10.6 Å². The molecule has 1 saturated heterocycles. The Morgan fingerprint density at radius 3 is 2.55 bits per heavy atom. The second kappa shape index (κ2) is 3.11. The fraction of sp³-hybridized carbons (Fsp3) is 1.00. The highest BCUT2D eigenvalue weighted by molar-refractivity contribution is 4.91. The van der Waals surface area contributed by atoms with Crippen LogP contribution in [0.5, 0.6) is 0 Å². The molecule has 64 valence electrons. The van der Waals surface area contributed by atoms with Gasteiger partial charge in [-0.3, -0.25) is 0 Å². The third-order valence-electron chi connectivity index (χ3n) is 3.05. The minimum absolute atomic E-state index is 0.771. The van der Waals surface area contributed by atoms with Crippen molar-refractivity contribution in [1.82, 2.24) is 10.6 Å². The zero-order valence-electron chi connectivity index (χ0n) is 7.27. The second-order valence-electron chi connectivity index (χ2n) is 4.04. The first-order valence-electron chi connectivity index (χ1n) is 4.83. The molecule has 2 fully saturated rings. The van der Waals surface area contributed by atoms with E-state index >= 15 is 0 Å². The molecule has 0 radical (unpaired) electrons. The lowest BCUT2D eigenvalue weighted by Crippen LogP contribution is -2.58. The van der Waals surface area contributed by atoms with Gasteiger partial charge in [-0.1, -0.05) is 6.92 Å². The Morgan fingerprint density at radius 1 is 1.00 bits per heavy atom.